The minimum Gasteiger partial charge on any atom is -0.435 e. The van der Waals surface area contributed by atoms with E-state index >= 15 is 0 Å². The van der Waals surface area contributed by atoms with Crippen molar-refractivity contribution in [2.45, 2.75) is 26.2 Å². The van der Waals surface area contributed by atoms with Crippen molar-refractivity contribution in [2.75, 3.05) is 6.61 Å². The Kier molecular flexibility index (Phi) is 7.47. The zero-order chi connectivity index (χ0) is 21.5. The Bertz CT molecular complexity index is 1000. The van der Waals surface area contributed by atoms with Crippen LogP contribution in [0.15, 0.2) is 58.9 Å². The zero-order valence-electron chi connectivity index (χ0n) is 15.6. The summed E-state index contributed by atoms with van der Waals surface area (Å²) in [4.78, 5) is 5.18. The van der Waals surface area contributed by atoms with E-state index in [1.807, 2.05) is 9.95 Å². The first kappa shape index (κ1) is 21.8. The molecule has 10 heteroatoms. The second kappa shape index (κ2) is 10.3. The summed E-state index contributed by atoms with van der Waals surface area (Å²) in [6.45, 7) is -5.32. The fraction of sp³-hybridized carbons (Fsp3) is 0.250. The summed E-state index contributed by atoms with van der Waals surface area (Å²) in [5.74, 6) is 0.0944. The minimum absolute atomic E-state index is 0.0114. The molecular formula is C20H18F4N2O3S. The SMILES string of the molecule is OCCCn1c(-c2ccc(OC(F)F)cc2)csc1=Nc1ccc(OC(F)F)cc1. The van der Waals surface area contributed by atoms with E-state index in [-0.39, 0.29) is 18.1 Å². The number of benzene rings is 2. The van der Waals surface area contributed by atoms with Gasteiger partial charge in [-0.3, -0.25) is 0 Å². The summed E-state index contributed by atoms with van der Waals surface area (Å²) < 4.78 is 59.8. The van der Waals surface area contributed by atoms with Crippen molar-refractivity contribution in [3.05, 3.63) is 58.7 Å². The van der Waals surface area contributed by atoms with Gasteiger partial charge in [0.25, 0.3) is 0 Å². The monoisotopic (exact) mass is 442 g/mol. The quantitative estimate of drug-likeness (QED) is 0.473. The van der Waals surface area contributed by atoms with Gasteiger partial charge < -0.3 is 19.1 Å². The highest BCUT2D eigenvalue weighted by Crippen LogP contribution is 2.25. The van der Waals surface area contributed by atoms with Crippen LogP contribution in [0.4, 0.5) is 23.2 Å². The third-order valence-electron chi connectivity index (χ3n) is 4.00. The van der Waals surface area contributed by atoms with Crippen LogP contribution in [-0.4, -0.2) is 29.5 Å². The van der Waals surface area contributed by atoms with Crippen molar-refractivity contribution in [1.29, 1.82) is 0 Å². The van der Waals surface area contributed by atoms with Gasteiger partial charge in [-0.25, -0.2) is 4.99 Å². The van der Waals surface area contributed by atoms with Gasteiger partial charge in [0.1, 0.15) is 11.5 Å². The Morgan fingerprint density at radius 2 is 1.47 bits per heavy atom. The van der Waals surface area contributed by atoms with E-state index in [0.717, 1.165) is 11.3 Å². The summed E-state index contributed by atoms with van der Waals surface area (Å²) in [6.07, 6.45) is 0.491. The second-order valence-corrected chi connectivity index (χ2v) is 6.86. The van der Waals surface area contributed by atoms with Crippen LogP contribution in [0.2, 0.25) is 0 Å². The number of alkyl halides is 4. The lowest BCUT2D eigenvalue weighted by Gasteiger charge is -2.10. The molecule has 3 rings (SSSR count). The predicted octanol–water partition coefficient (Wildman–Crippen LogP) is 5.03. The lowest BCUT2D eigenvalue weighted by molar-refractivity contribution is -0.0505. The van der Waals surface area contributed by atoms with Crippen LogP contribution in [0.3, 0.4) is 0 Å². The van der Waals surface area contributed by atoms with E-state index in [4.69, 9.17) is 0 Å². The lowest BCUT2D eigenvalue weighted by atomic mass is 10.1. The Morgan fingerprint density at radius 1 is 0.900 bits per heavy atom. The molecule has 3 aromatic rings. The number of halogens is 4. The Hall–Kier alpha value is -2.85. The van der Waals surface area contributed by atoms with Gasteiger partial charge in [0, 0.05) is 18.5 Å². The number of nitrogens with zero attached hydrogens (tertiary/aromatic N) is 2. The third-order valence-corrected chi connectivity index (χ3v) is 4.86. The van der Waals surface area contributed by atoms with Gasteiger partial charge in [0.05, 0.1) is 11.4 Å². The van der Waals surface area contributed by atoms with E-state index in [1.165, 1.54) is 35.6 Å². The summed E-state index contributed by atoms with van der Waals surface area (Å²) in [7, 11) is 0. The van der Waals surface area contributed by atoms with Crippen molar-refractivity contribution in [3.63, 3.8) is 0 Å². The summed E-state index contributed by atoms with van der Waals surface area (Å²) >= 11 is 1.36. The number of hydrogen-bond acceptors (Lipinski definition) is 5. The average Bonchev–Trinajstić information content (AvgIpc) is 3.10. The summed E-state index contributed by atoms with van der Waals surface area (Å²) in [5.41, 5.74) is 2.12. The Morgan fingerprint density at radius 3 is 2.00 bits per heavy atom. The average molecular weight is 442 g/mol. The zero-order valence-corrected chi connectivity index (χ0v) is 16.4. The number of aliphatic hydroxyl groups is 1. The molecule has 5 nitrogen and oxygen atoms in total. The second-order valence-electron chi connectivity index (χ2n) is 6.02. The molecule has 0 aliphatic rings. The van der Waals surface area contributed by atoms with E-state index in [9.17, 15) is 22.7 Å². The molecule has 1 heterocycles. The molecule has 0 radical (unpaired) electrons. The molecule has 0 unspecified atom stereocenters. The fourth-order valence-corrected chi connectivity index (χ4v) is 3.67. The molecule has 1 N–H and O–H groups in total. The molecule has 0 saturated heterocycles. The molecule has 0 bridgehead atoms. The van der Waals surface area contributed by atoms with E-state index in [2.05, 4.69) is 14.5 Å². The molecule has 160 valence electrons. The predicted molar refractivity (Wildman–Crippen MR) is 104 cm³/mol. The van der Waals surface area contributed by atoms with Crippen LogP contribution < -0.4 is 14.3 Å². The van der Waals surface area contributed by atoms with Crippen molar-refractivity contribution in [1.82, 2.24) is 4.57 Å². The van der Waals surface area contributed by atoms with Crippen molar-refractivity contribution < 1.29 is 32.1 Å². The molecule has 2 aromatic carbocycles. The first-order chi connectivity index (χ1) is 14.5. The van der Waals surface area contributed by atoms with E-state index in [1.54, 1.807) is 24.3 Å². The maximum Gasteiger partial charge on any atom is 0.387 e. The van der Waals surface area contributed by atoms with Gasteiger partial charge >= 0.3 is 13.2 Å². The van der Waals surface area contributed by atoms with Crippen LogP contribution in [0, 0.1) is 0 Å². The third kappa shape index (κ3) is 5.83. The summed E-state index contributed by atoms with van der Waals surface area (Å²) in [6, 6.07) is 12.2. The summed E-state index contributed by atoms with van der Waals surface area (Å²) in [5, 5.41) is 11.1. The van der Waals surface area contributed by atoms with E-state index < -0.39 is 13.2 Å². The molecule has 0 amide bonds. The number of rotatable bonds is 9. The van der Waals surface area contributed by atoms with Gasteiger partial charge in [-0.05, 0) is 60.5 Å². The maximum atomic E-state index is 12.3. The van der Waals surface area contributed by atoms with Crippen LogP contribution in [0.25, 0.3) is 11.3 Å². The molecule has 1 aromatic heterocycles. The normalized spacial score (nSPS) is 12.0. The number of thiazole rings is 1. The Balaban J connectivity index is 1.92. The van der Waals surface area contributed by atoms with E-state index in [0.29, 0.717) is 23.5 Å². The molecule has 0 saturated carbocycles. The largest absolute Gasteiger partial charge is 0.435 e. The maximum absolute atomic E-state index is 12.3. The molecule has 0 aliphatic heterocycles. The van der Waals surface area contributed by atoms with Gasteiger partial charge in [0.2, 0.25) is 0 Å². The minimum atomic E-state index is -2.90. The molecule has 0 aliphatic carbocycles. The molecule has 0 atom stereocenters. The van der Waals surface area contributed by atoms with Crippen LogP contribution in [0.1, 0.15) is 6.42 Å². The first-order valence-corrected chi connectivity index (χ1v) is 9.78. The standard InChI is InChI=1S/C20H18F4N2O3S/c21-18(22)28-15-6-2-13(3-7-15)17-12-30-20(26(17)10-1-11-27)25-14-4-8-16(9-5-14)29-19(23)24/h2-9,12,18-19,27H,1,10-11H2. The topological polar surface area (TPSA) is 56.0 Å². The van der Waals surface area contributed by atoms with Crippen LogP contribution in [0.5, 0.6) is 11.5 Å². The number of aromatic nitrogens is 1. The fourth-order valence-electron chi connectivity index (χ4n) is 2.71. The molecule has 0 fully saturated rings. The van der Waals surface area contributed by atoms with Gasteiger partial charge in [0.15, 0.2) is 4.80 Å². The van der Waals surface area contributed by atoms with Crippen LogP contribution in [-0.2, 0) is 6.54 Å². The number of aliphatic hydroxyl groups excluding tert-OH is 1. The molecule has 0 spiro atoms. The van der Waals surface area contributed by atoms with Crippen molar-refractivity contribution in [3.8, 4) is 22.8 Å². The van der Waals surface area contributed by atoms with Crippen molar-refractivity contribution in [2.24, 2.45) is 4.99 Å². The van der Waals surface area contributed by atoms with Crippen molar-refractivity contribution >= 4 is 17.0 Å². The highest BCUT2D eigenvalue weighted by atomic mass is 32.1. The highest BCUT2D eigenvalue weighted by Gasteiger charge is 2.10. The smallest absolute Gasteiger partial charge is 0.387 e. The van der Waals surface area contributed by atoms with Gasteiger partial charge in [-0.15, -0.1) is 11.3 Å². The molecular weight excluding hydrogens is 424 g/mol. The molecule has 30 heavy (non-hydrogen) atoms. The van der Waals surface area contributed by atoms with Crippen LogP contribution >= 0.6 is 11.3 Å². The lowest BCUT2D eigenvalue weighted by Crippen LogP contribution is -2.16. The van der Waals surface area contributed by atoms with Gasteiger partial charge in [-0.1, -0.05) is 0 Å². The Labute approximate surface area is 173 Å². The number of ether oxygens (including phenoxy) is 2. The first-order valence-electron chi connectivity index (χ1n) is 8.90. The highest BCUT2D eigenvalue weighted by molar-refractivity contribution is 7.07. The number of hydrogen-bond donors (Lipinski definition) is 1. The van der Waals surface area contributed by atoms with Gasteiger partial charge in [-0.2, -0.15) is 17.6 Å².